The molecular weight excluding hydrogens is 303 g/mol. The van der Waals surface area contributed by atoms with Crippen molar-refractivity contribution >= 4 is 11.8 Å². The summed E-state index contributed by atoms with van der Waals surface area (Å²) in [5, 5.41) is 10.8. The Morgan fingerprint density at radius 2 is 1.96 bits per heavy atom. The molecule has 0 saturated carbocycles. The number of ether oxygens (including phenoxy) is 1. The van der Waals surface area contributed by atoms with E-state index in [4.69, 9.17) is 4.74 Å². The Morgan fingerprint density at radius 3 is 2.48 bits per heavy atom. The van der Waals surface area contributed by atoms with E-state index in [2.05, 4.69) is 0 Å². The number of halogens is 1. The molecule has 2 rings (SSSR count). The predicted molar refractivity (Wildman–Crippen MR) is 82.8 cm³/mol. The van der Waals surface area contributed by atoms with Crippen LogP contribution in [0.4, 0.5) is 14.9 Å². The molecule has 1 aliphatic rings. The maximum absolute atomic E-state index is 13.4. The summed E-state index contributed by atoms with van der Waals surface area (Å²) in [5.74, 6) is -0.752. The molecule has 1 aromatic rings. The fourth-order valence-electron chi connectivity index (χ4n) is 2.65. The topological polar surface area (TPSA) is 72.7 Å². The number of amides is 1. The molecule has 0 spiro atoms. The molecule has 0 aromatic heterocycles. The lowest BCUT2D eigenvalue weighted by molar-refractivity contribution is -0.387. The number of hydrogen-bond acceptors (Lipinski definition) is 4. The molecule has 1 amide bonds. The monoisotopic (exact) mass is 324 g/mol. The Hall–Kier alpha value is -2.18. The van der Waals surface area contributed by atoms with Crippen molar-refractivity contribution in [2.45, 2.75) is 45.1 Å². The van der Waals surface area contributed by atoms with Crippen LogP contribution < -0.4 is 0 Å². The van der Waals surface area contributed by atoms with Gasteiger partial charge in [0.15, 0.2) is 0 Å². The first-order valence-corrected chi connectivity index (χ1v) is 7.59. The van der Waals surface area contributed by atoms with Crippen LogP contribution >= 0.6 is 0 Å². The molecular formula is C16H21FN2O4. The third-order valence-corrected chi connectivity index (χ3v) is 3.78. The minimum Gasteiger partial charge on any atom is -0.444 e. The van der Waals surface area contributed by atoms with E-state index in [1.165, 1.54) is 6.07 Å². The fraction of sp³-hybridized carbons (Fsp3) is 0.562. The van der Waals surface area contributed by atoms with Crippen LogP contribution in [-0.4, -0.2) is 34.6 Å². The largest absolute Gasteiger partial charge is 0.444 e. The van der Waals surface area contributed by atoms with Crippen molar-refractivity contribution in [1.29, 1.82) is 0 Å². The van der Waals surface area contributed by atoms with E-state index in [9.17, 15) is 19.3 Å². The molecule has 0 atom stereocenters. The van der Waals surface area contributed by atoms with Gasteiger partial charge in [0.1, 0.15) is 5.60 Å². The Bertz CT molecular complexity index is 605. The van der Waals surface area contributed by atoms with Gasteiger partial charge in [-0.2, -0.15) is 4.39 Å². The number of nitro groups is 1. The normalized spacial score (nSPS) is 16.3. The van der Waals surface area contributed by atoms with E-state index in [0.717, 1.165) is 11.6 Å². The van der Waals surface area contributed by atoms with Crippen molar-refractivity contribution in [2.24, 2.45) is 0 Å². The van der Waals surface area contributed by atoms with Gasteiger partial charge in [-0.1, -0.05) is 6.07 Å². The number of nitro benzene ring substituents is 1. The van der Waals surface area contributed by atoms with Gasteiger partial charge in [-0.3, -0.25) is 10.1 Å². The SMILES string of the molecule is CC(C)(C)OC(=O)N1CCC(c2ccc(F)c([N+](=O)[O-])c2)CC1. The maximum atomic E-state index is 13.4. The van der Waals surface area contributed by atoms with E-state index in [-0.39, 0.29) is 12.0 Å². The van der Waals surface area contributed by atoms with E-state index in [1.54, 1.807) is 11.0 Å². The van der Waals surface area contributed by atoms with Crippen molar-refractivity contribution in [3.05, 3.63) is 39.7 Å². The Morgan fingerprint density at radius 1 is 1.35 bits per heavy atom. The lowest BCUT2D eigenvalue weighted by Crippen LogP contribution is -2.41. The van der Waals surface area contributed by atoms with E-state index in [1.807, 2.05) is 20.8 Å². The van der Waals surface area contributed by atoms with Crippen LogP contribution in [0.3, 0.4) is 0 Å². The second-order valence-corrected chi connectivity index (χ2v) is 6.71. The molecule has 1 saturated heterocycles. The van der Waals surface area contributed by atoms with Gasteiger partial charge in [-0.15, -0.1) is 0 Å². The zero-order chi connectivity index (χ0) is 17.2. The number of benzene rings is 1. The number of hydrogen-bond donors (Lipinski definition) is 0. The highest BCUT2D eigenvalue weighted by atomic mass is 19.1. The van der Waals surface area contributed by atoms with E-state index in [0.29, 0.717) is 25.9 Å². The molecule has 1 aliphatic heterocycles. The first-order valence-electron chi connectivity index (χ1n) is 7.59. The number of rotatable bonds is 2. The minimum absolute atomic E-state index is 0.0768. The molecule has 126 valence electrons. The second-order valence-electron chi connectivity index (χ2n) is 6.71. The number of piperidine rings is 1. The summed E-state index contributed by atoms with van der Waals surface area (Å²) in [7, 11) is 0. The molecule has 1 aromatic carbocycles. The van der Waals surface area contributed by atoms with Gasteiger partial charge in [0.25, 0.3) is 0 Å². The van der Waals surface area contributed by atoms with Gasteiger partial charge in [0.05, 0.1) is 4.92 Å². The first-order chi connectivity index (χ1) is 10.7. The average molecular weight is 324 g/mol. The molecule has 23 heavy (non-hydrogen) atoms. The lowest BCUT2D eigenvalue weighted by Gasteiger charge is -2.33. The first kappa shape index (κ1) is 17.2. The number of carbonyl (C=O) groups is 1. The van der Waals surface area contributed by atoms with Crippen LogP contribution in [0, 0.1) is 15.9 Å². The zero-order valence-corrected chi connectivity index (χ0v) is 13.5. The van der Waals surface area contributed by atoms with Gasteiger partial charge in [0, 0.05) is 19.2 Å². The predicted octanol–water partition coefficient (Wildman–Crippen LogP) is 3.85. The van der Waals surface area contributed by atoms with Gasteiger partial charge >= 0.3 is 11.8 Å². The van der Waals surface area contributed by atoms with E-state index >= 15 is 0 Å². The number of likely N-dealkylation sites (tertiary alicyclic amines) is 1. The van der Waals surface area contributed by atoms with Crippen LogP contribution in [-0.2, 0) is 4.74 Å². The quantitative estimate of drug-likeness (QED) is 0.612. The van der Waals surface area contributed by atoms with Gasteiger partial charge in [-0.05, 0) is 51.2 Å². The van der Waals surface area contributed by atoms with Crippen molar-refractivity contribution in [1.82, 2.24) is 4.90 Å². The molecule has 1 heterocycles. The summed E-state index contributed by atoms with van der Waals surface area (Å²) in [6, 6.07) is 4.01. The minimum atomic E-state index is -0.829. The van der Waals surface area contributed by atoms with Crippen molar-refractivity contribution in [3.63, 3.8) is 0 Å². The van der Waals surface area contributed by atoms with Crippen molar-refractivity contribution < 1.29 is 18.8 Å². The van der Waals surface area contributed by atoms with Crippen molar-refractivity contribution in [3.8, 4) is 0 Å². The summed E-state index contributed by atoms with van der Waals surface area (Å²) >= 11 is 0. The summed E-state index contributed by atoms with van der Waals surface area (Å²) in [5.41, 5.74) is -0.301. The Kier molecular flexibility index (Phi) is 4.87. The molecule has 0 N–H and O–H groups in total. The highest BCUT2D eigenvalue weighted by molar-refractivity contribution is 5.68. The summed E-state index contributed by atoms with van der Waals surface area (Å²) in [6.45, 7) is 6.48. The highest BCUT2D eigenvalue weighted by Gasteiger charge is 2.28. The highest BCUT2D eigenvalue weighted by Crippen LogP contribution is 2.31. The maximum Gasteiger partial charge on any atom is 0.410 e. The average Bonchev–Trinajstić information content (AvgIpc) is 2.46. The fourth-order valence-corrected chi connectivity index (χ4v) is 2.65. The summed E-state index contributed by atoms with van der Waals surface area (Å²) < 4.78 is 18.7. The van der Waals surface area contributed by atoms with Crippen molar-refractivity contribution in [2.75, 3.05) is 13.1 Å². The van der Waals surface area contributed by atoms with Gasteiger partial charge < -0.3 is 9.64 Å². The Labute approximate surface area is 134 Å². The second kappa shape index (κ2) is 6.52. The van der Waals surface area contributed by atoms with Gasteiger partial charge in [0.2, 0.25) is 5.82 Å². The molecule has 1 fully saturated rings. The van der Waals surface area contributed by atoms with Crippen LogP contribution in [0.2, 0.25) is 0 Å². The van der Waals surface area contributed by atoms with Crippen LogP contribution in [0.1, 0.15) is 45.1 Å². The van der Waals surface area contributed by atoms with Gasteiger partial charge in [-0.25, -0.2) is 4.79 Å². The third kappa shape index (κ3) is 4.40. The summed E-state index contributed by atoms with van der Waals surface area (Å²) in [4.78, 5) is 23.8. The summed E-state index contributed by atoms with van der Waals surface area (Å²) in [6.07, 6.45) is 0.991. The zero-order valence-electron chi connectivity index (χ0n) is 13.5. The van der Waals surface area contributed by atoms with E-state index < -0.39 is 22.0 Å². The standard InChI is InChI=1S/C16H21FN2O4/c1-16(2,3)23-15(20)18-8-6-11(7-9-18)12-4-5-13(17)14(10-12)19(21)22/h4-5,10-11H,6-9H2,1-3H3. The Balaban J connectivity index is 2.01. The molecule has 0 bridgehead atoms. The van der Waals surface area contributed by atoms with Crippen LogP contribution in [0.25, 0.3) is 0 Å². The molecule has 7 heteroatoms. The lowest BCUT2D eigenvalue weighted by atomic mass is 9.89. The van der Waals surface area contributed by atoms with Crippen LogP contribution in [0.15, 0.2) is 18.2 Å². The molecule has 0 aliphatic carbocycles. The van der Waals surface area contributed by atoms with Crippen LogP contribution in [0.5, 0.6) is 0 Å². The number of carbonyl (C=O) groups excluding carboxylic acids is 1. The number of nitrogens with zero attached hydrogens (tertiary/aromatic N) is 2. The molecule has 0 unspecified atom stereocenters. The third-order valence-electron chi connectivity index (χ3n) is 3.78. The molecule has 6 nitrogen and oxygen atoms in total. The molecule has 0 radical (unpaired) electrons. The smallest absolute Gasteiger partial charge is 0.410 e.